The van der Waals surface area contributed by atoms with Crippen molar-refractivity contribution >= 4 is 5.97 Å². The largest absolute Gasteiger partial charge is 0.476 e. The molecule has 1 aliphatic heterocycles. The molecule has 0 aliphatic carbocycles. The van der Waals surface area contributed by atoms with Crippen LogP contribution >= 0.6 is 0 Å². The molecule has 88 valence electrons. The molecule has 0 saturated carbocycles. The van der Waals surface area contributed by atoms with Gasteiger partial charge in [0.15, 0.2) is 5.69 Å². The fourth-order valence-corrected chi connectivity index (χ4v) is 2.06. The maximum Gasteiger partial charge on any atom is 0.358 e. The van der Waals surface area contributed by atoms with Gasteiger partial charge in [0.25, 0.3) is 0 Å². The van der Waals surface area contributed by atoms with Gasteiger partial charge in [-0.1, -0.05) is 5.21 Å². The first-order valence-electron chi connectivity index (χ1n) is 5.54. The van der Waals surface area contributed by atoms with Gasteiger partial charge in [-0.15, -0.1) is 5.10 Å². The minimum atomic E-state index is -1.03. The zero-order chi connectivity index (χ0) is 11.5. The van der Waals surface area contributed by atoms with Crippen molar-refractivity contribution in [2.75, 3.05) is 13.1 Å². The molecule has 6 nitrogen and oxygen atoms in total. The van der Waals surface area contributed by atoms with Crippen molar-refractivity contribution in [3.05, 3.63) is 11.9 Å². The van der Waals surface area contributed by atoms with Crippen LogP contribution < -0.4 is 0 Å². The van der Waals surface area contributed by atoms with Gasteiger partial charge in [-0.3, -0.25) is 9.58 Å². The van der Waals surface area contributed by atoms with Crippen molar-refractivity contribution in [1.29, 1.82) is 0 Å². The number of hydrogen-bond acceptors (Lipinski definition) is 4. The summed E-state index contributed by atoms with van der Waals surface area (Å²) in [6, 6.07) is 0.627. The molecule has 2 heterocycles. The highest BCUT2D eigenvalue weighted by molar-refractivity contribution is 5.84. The van der Waals surface area contributed by atoms with Crippen molar-refractivity contribution in [3.8, 4) is 0 Å². The van der Waals surface area contributed by atoms with Gasteiger partial charge in [-0.05, 0) is 26.3 Å². The fraction of sp³-hybridized carbons (Fsp3) is 0.700. The number of rotatable bonds is 4. The molecule has 0 radical (unpaired) electrons. The minimum absolute atomic E-state index is 0.00877. The summed E-state index contributed by atoms with van der Waals surface area (Å²) in [7, 11) is 0. The lowest BCUT2D eigenvalue weighted by molar-refractivity contribution is 0.0690. The number of aromatic nitrogens is 3. The van der Waals surface area contributed by atoms with E-state index in [2.05, 4.69) is 22.1 Å². The molecule has 0 amide bonds. The molecule has 16 heavy (non-hydrogen) atoms. The van der Waals surface area contributed by atoms with E-state index in [4.69, 9.17) is 5.11 Å². The van der Waals surface area contributed by atoms with Gasteiger partial charge in [0.2, 0.25) is 0 Å². The Kier molecular flexibility index (Phi) is 3.19. The van der Waals surface area contributed by atoms with E-state index < -0.39 is 5.97 Å². The number of carboxylic acids is 1. The van der Waals surface area contributed by atoms with Gasteiger partial charge in [-0.2, -0.15) is 0 Å². The summed E-state index contributed by atoms with van der Waals surface area (Å²) in [5.74, 6) is -1.03. The average molecular weight is 224 g/mol. The summed E-state index contributed by atoms with van der Waals surface area (Å²) in [4.78, 5) is 13.0. The Morgan fingerprint density at radius 2 is 2.44 bits per heavy atom. The summed E-state index contributed by atoms with van der Waals surface area (Å²) in [6.07, 6.45) is 3.97. The number of hydrogen-bond donors (Lipinski definition) is 1. The van der Waals surface area contributed by atoms with Gasteiger partial charge in [-0.25, -0.2) is 4.79 Å². The SMILES string of the molecule is CC1CCCN1CCn1cc(C(=O)O)nn1. The molecule has 1 fully saturated rings. The van der Waals surface area contributed by atoms with Crippen molar-refractivity contribution in [3.63, 3.8) is 0 Å². The molecule has 6 heteroatoms. The van der Waals surface area contributed by atoms with Crippen LogP contribution in [0.3, 0.4) is 0 Å². The molecule has 1 unspecified atom stereocenters. The highest BCUT2D eigenvalue weighted by atomic mass is 16.4. The maximum atomic E-state index is 10.6. The highest BCUT2D eigenvalue weighted by Gasteiger charge is 2.19. The molecule has 2 rings (SSSR count). The van der Waals surface area contributed by atoms with E-state index in [1.165, 1.54) is 19.0 Å². The summed E-state index contributed by atoms with van der Waals surface area (Å²) in [6.45, 7) is 4.95. The van der Waals surface area contributed by atoms with Crippen LogP contribution in [0.25, 0.3) is 0 Å². The van der Waals surface area contributed by atoms with Crippen LogP contribution in [0.2, 0.25) is 0 Å². The molecule has 1 N–H and O–H groups in total. The van der Waals surface area contributed by atoms with E-state index in [1.807, 2.05) is 0 Å². The predicted octanol–water partition coefficient (Wildman–Crippen LogP) is 0.461. The summed E-state index contributed by atoms with van der Waals surface area (Å²) in [5.41, 5.74) is 0.00877. The highest BCUT2D eigenvalue weighted by Crippen LogP contribution is 2.15. The standard InChI is InChI=1S/C10H16N4O2/c1-8-3-2-4-13(8)5-6-14-7-9(10(15)16)11-12-14/h7-8H,2-6H2,1H3,(H,15,16). The van der Waals surface area contributed by atoms with Gasteiger partial charge in [0.1, 0.15) is 0 Å². The van der Waals surface area contributed by atoms with Crippen molar-refractivity contribution in [1.82, 2.24) is 19.9 Å². The van der Waals surface area contributed by atoms with Crippen LogP contribution in [0, 0.1) is 0 Å². The Morgan fingerprint density at radius 3 is 3.00 bits per heavy atom. The third-order valence-electron chi connectivity index (χ3n) is 3.06. The quantitative estimate of drug-likeness (QED) is 0.804. The normalized spacial score (nSPS) is 21.4. The van der Waals surface area contributed by atoms with Crippen LogP contribution in [0.4, 0.5) is 0 Å². The molecule has 0 bridgehead atoms. The first-order chi connectivity index (χ1) is 7.66. The molecular formula is C10H16N4O2. The first-order valence-corrected chi connectivity index (χ1v) is 5.54. The lowest BCUT2D eigenvalue weighted by atomic mass is 10.2. The molecule has 1 aliphatic rings. The zero-order valence-corrected chi connectivity index (χ0v) is 9.33. The predicted molar refractivity (Wildman–Crippen MR) is 57.3 cm³/mol. The second kappa shape index (κ2) is 4.61. The molecule has 0 aromatic carbocycles. The molecule has 1 aromatic heterocycles. The molecule has 1 aromatic rings. The second-order valence-corrected chi connectivity index (χ2v) is 4.20. The molecule has 1 saturated heterocycles. The van der Waals surface area contributed by atoms with Crippen LogP contribution in [0.5, 0.6) is 0 Å². The number of aromatic carboxylic acids is 1. The molecule has 0 spiro atoms. The van der Waals surface area contributed by atoms with E-state index in [-0.39, 0.29) is 5.69 Å². The number of carbonyl (C=O) groups is 1. The monoisotopic (exact) mass is 224 g/mol. The Hall–Kier alpha value is -1.43. The zero-order valence-electron chi connectivity index (χ0n) is 9.33. The maximum absolute atomic E-state index is 10.6. The third-order valence-corrected chi connectivity index (χ3v) is 3.06. The Balaban J connectivity index is 1.87. The lowest BCUT2D eigenvalue weighted by Crippen LogP contribution is -2.30. The minimum Gasteiger partial charge on any atom is -0.476 e. The van der Waals surface area contributed by atoms with Gasteiger partial charge in [0.05, 0.1) is 12.7 Å². The number of carboxylic acid groups (broad SMARTS) is 1. The smallest absolute Gasteiger partial charge is 0.358 e. The first kappa shape index (κ1) is 11.1. The average Bonchev–Trinajstić information content (AvgIpc) is 2.83. The lowest BCUT2D eigenvalue weighted by Gasteiger charge is -2.20. The van der Waals surface area contributed by atoms with Crippen LogP contribution in [0.1, 0.15) is 30.3 Å². The van der Waals surface area contributed by atoms with Gasteiger partial charge >= 0.3 is 5.97 Å². The molecule has 1 atom stereocenters. The van der Waals surface area contributed by atoms with E-state index in [1.54, 1.807) is 4.68 Å². The van der Waals surface area contributed by atoms with Crippen molar-refractivity contribution in [2.45, 2.75) is 32.4 Å². The summed E-state index contributed by atoms with van der Waals surface area (Å²) < 4.78 is 1.59. The van der Waals surface area contributed by atoms with E-state index in [0.717, 1.165) is 13.1 Å². The van der Waals surface area contributed by atoms with Crippen LogP contribution in [-0.2, 0) is 6.54 Å². The number of likely N-dealkylation sites (tertiary alicyclic amines) is 1. The van der Waals surface area contributed by atoms with E-state index >= 15 is 0 Å². The summed E-state index contributed by atoms with van der Waals surface area (Å²) in [5, 5.41) is 16.1. The van der Waals surface area contributed by atoms with Gasteiger partial charge < -0.3 is 5.11 Å². The molecular weight excluding hydrogens is 208 g/mol. The number of nitrogens with zero attached hydrogens (tertiary/aromatic N) is 4. The van der Waals surface area contributed by atoms with Crippen LogP contribution in [-0.4, -0.2) is 50.1 Å². The Morgan fingerprint density at radius 1 is 1.62 bits per heavy atom. The Labute approximate surface area is 93.9 Å². The topological polar surface area (TPSA) is 71.2 Å². The summed E-state index contributed by atoms with van der Waals surface area (Å²) >= 11 is 0. The van der Waals surface area contributed by atoms with Crippen molar-refractivity contribution in [2.24, 2.45) is 0 Å². The Bertz CT molecular complexity index is 377. The fourth-order valence-electron chi connectivity index (χ4n) is 2.06. The van der Waals surface area contributed by atoms with Crippen LogP contribution in [0.15, 0.2) is 6.20 Å². The van der Waals surface area contributed by atoms with E-state index in [0.29, 0.717) is 12.6 Å². The third kappa shape index (κ3) is 2.38. The van der Waals surface area contributed by atoms with Crippen molar-refractivity contribution < 1.29 is 9.90 Å². The second-order valence-electron chi connectivity index (χ2n) is 4.20. The van der Waals surface area contributed by atoms with E-state index in [9.17, 15) is 4.79 Å². The van der Waals surface area contributed by atoms with Gasteiger partial charge in [0, 0.05) is 12.6 Å².